The molecule has 2 unspecified atom stereocenters. The number of aliphatic hydroxyl groups is 2. The fraction of sp³-hybridized carbons (Fsp3) is 0.308. The molecule has 1 aromatic heterocycles. The Kier molecular flexibility index (Phi) is 3.19. The Morgan fingerprint density at radius 2 is 2.05 bits per heavy atom. The molecule has 110 valence electrons. The van der Waals surface area contributed by atoms with E-state index >= 15 is 0 Å². The number of fused-ring (bicyclic) bond motifs is 1. The third-order valence-corrected chi connectivity index (χ3v) is 3.57. The molecule has 2 atom stereocenters. The number of aliphatic hydroxyl groups excluding tert-OH is 2. The average Bonchev–Trinajstić information content (AvgIpc) is 2.77. The number of nitrogens with zero attached hydrogens (tertiary/aromatic N) is 3. The first-order valence-electron chi connectivity index (χ1n) is 6.31. The van der Waals surface area contributed by atoms with Crippen molar-refractivity contribution < 1.29 is 19.5 Å². The Morgan fingerprint density at radius 1 is 1.38 bits per heavy atom. The highest BCUT2D eigenvalue weighted by atomic mass is 19.1. The fourth-order valence-electron chi connectivity index (χ4n) is 2.58. The van der Waals surface area contributed by atoms with Crippen LogP contribution < -0.4 is 4.90 Å². The van der Waals surface area contributed by atoms with Gasteiger partial charge in [-0.3, -0.25) is 15.1 Å². The van der Waals surface area contributed by atoms with E-state index in [1.165, 1.54) is 23.2 Å². The van der Waals surface area contributed by atoms with Crippen molar-refractivity contribution in [3.8, 4) is 0 Å². The lowest BCUT2D eigenvalue weighted by Gasteiger charge is -2.19. The topological polar surface area (TPSA) is 99.7 Å². The van der Waals surface area contributed by atoms with Gasteiger partial charge in [0.2, 0.25) is 0 Å². The number of nitro groups is 1. The van der Waals surface area contributed by atoms with Crippen molar-refractivity contribution in [3.63, 3.8) is 0 Å². The molecule has 1 aliphatic heterocycles. The van der Waals surface area contributed by atoms with E-state index in [-0.39, 0.29) is 35.4 Å². The molecule has 1 aliphatic rings. The Bertz CT molecular complexity index is 714. The maximum Gasteiger partial charge on any atom is 0.281 e. The Balaban J connectivity index is 2.22. The van der Waals surface area contributed by atoms with Gasteiger partial charge in [0, 0.05) is 19.3 Å². The van der Waals surface area contributed by atoms with Crippen LogP contribution in [0.25, 0.3) is 10.9 Å². The number of aromatic nitrogens is 1. The zero-order valence-corrected chi connectivity index (χ0v) is 10.8. The molecule has 0 radical (unpaired) electrons. The van der Waals surface area contributed by atoms with Crippen LogP contribution in [0.1, 0.15) is 0 Å². The van der Waals surface area contributed by atoms with E-state index in [4.69, 9.17) is 0 Å². The number of non-ortho nitro benzene ring substituents is 1. The van der Waals surface area contributed by atoms with Gasteiger partial charge in [0.1, 0.15) is 11.2 Å². The molecule has 0 bridgehead atoms. The monoisotopic (exact) mass is 293 g/mol. The summed E-state index contributed by atoms with van der Waals surface area (Å²) < 4.78 is 14.3. The molecule has 2 heterocycles. The number of halogens is 1. The van der Waals surface area contributed by atoms with Crippen LogP contribution >= 0.6 is 0 Å². The third kappa shape index (κ3) is 2.18. The molecule has 1 aromatic carbocycles. The molecule has 21 heavy (non-hydrogen) atoms. The van der Waals surface area contributed by atoms with Gasteiger partial charge < -0.3 is 15.1 Å². The van der Waals surface area contributed by atoms with E-state index in [0.29, 0.717) is 0 Å². The fourth-order valence-corrected chi connectivity index (χ4v) is 2.58. The molecule has 1 saturated heterocycles. The van der Waals surface area contributed by atoms with Gasteiger partial charge in [0.15, 0.2) is 5.82 Å². The number of benzene rings is 1. The zero-order chi connectivity index (χ0) is 15.1. The lowest BCUT2D eigenvalue weighted by Crippen LogP contribution is -2.23. The van der Waals surface area contributed by atoms with Crippen LogP contribution in [0.4, 0.5) is 15.8 Å². The molecular formula is C13H12FN3O4. The molecule has 0 amide bonds. The molecule has 7 nitrogen and oxygen atoms in total. The van der Waals surface area contributed by atoms with Gasteiger partial charge in [-0.15, -0.1) is 0 Å². The van der Waals surface area contributed by atoms with Crippen LogP contribution in [0.15, 0.2) is 24.4 Å². The van der Waals surface area contributed by atoms with Crippen LogP contribution in [0.3, 0.4) is 0 Å². The van der Waals surface area contributed by atoms with E-state index in [0.717, 1.165) is 6.07 Å². The summed E-state index contributed by atoms with van der Waals surface area (Å²) in [6, 6.07) is 3.87. The number of nitro benzene ring substituents is 1. The smallest absolute Gasteiger partial charge is 0.281 e. The summed E-state index contributed by atoms with van der Waals surface area (Å²) in [6.45, 7) is 0.0865. The number of anilines is 1. The van der Waals surface area contributed by atoms with Gasteiger partial charge in [-0.05, 0) is 12.1 Å². The predicted molar refractivity (Wildman–Crippen MR) is 72.6 cm³/mol. The standard InChI is InChI=1S/C13H12FN3O4/c14-8-4-9(17(20)21)7-2-1-3-15-12(7)13(8)16-5-10(18)11(19)6-16/h1-4,10-11,18-19H,5-6H2. The first kappa shape index (κ1) is 13.7. The molecule has 1 fully saturated rings. The van der Waals surface area contributed by atoms with Gasteiger partial charge in [0.05, 0.1) is 28.6 Å². The molecule has 0 spiro atoms. The quantitative estimate of drug-likeness (QED) is 0.628. The SMILES string of the molecule is O=[N+]([O-])c1cc(F)c(N2CC(O)C(O)C2)c2ncccc12. The van der Waals surface area contributed by atoms with Crippen molar-refractivity contribution in [2.24, 2.45) is 0 Å². The average molecular weight is 293 g/mol. The highest BCUT2D eigenvalue weighted by Crippen LogP contribution is 2.36. The van der Waals surface area contributed by atoms with Gasteiger partial charge in [-0.1, -0.05) is 0 Å². The summed E-state index contributed by atoms with van der Waals surface area (Å²) in [5, 5.41) is 30.4. The summed E-state index contributed by atoms with van der Waals surface area (Å²) in [6.07, 6.45) is -0.561. The molecule has 2 N–H and O–H groups in total. The number of hydrogen-bond acceptors (Lipinski definition) is 6. The van der Waals surface area contributed by atoms with Gasteiger partial charge in [0.25, 0.3) is 5.69 Å². The molecular weight excluding hydrogens is 281 g/mol. The van der Waals surface area contributed by atoms with Gasteiger partial charge in [-0.25, -0.2) is 4.39 Å². The Hall–Kier alpha value is -2.32. The minimum atomic E-state index is -0.988. The highest BCUT2D eigenvalue weighted by molar-refractivity contribution is 5.97. The van der Waals surface area contributed by atoms with Crippen LogP contribution in [0.2, 0.25) is 0 Å². The maximum atomic E-state index is 14.3. The first-order valence-corrected chi connectivity index (χ1v) is 6.31. The zero-order valence-electron chi connectivity index (χ0n) is 10.8. The van der Waals surface area contributed by atoms with Crippen LogP contribution in [0.5, 0.6) is 0 Å². The number of β-amino-alcohol motifs (C(OH)–C–C–N with tert-alkyl or cyclic N) is 2. The van der Waals surface area contributed by atoms with Crippen molar-refractivity contribution in [1.29, 1.82) is 0 Å². The van der Waals surface area contributed by atoms with Crippen molar-refractivity contribution in [3.05, 3.63) is 40.3 Å². The maximum absolute atomic E-state index is 14.3. The molecule has 0 saturated carbocycles. The second-order valence-corrected chi connectivity index (χ2v) is 4.92. The third-order valence-electron chi connectivity index (χ3n) is 3.57. The molecule has 0 aliphatic carbocycles. The minimum absolute atomic E-state index is 0.0432. The van der Waals surface area contributed by atoms with Gasteiger partial charge >= 0.3 is 0 Å². The van der Waals surface area contributed by atoms with Crippen LogP contribution in [-0.4, -0.2) is 45.4 Å². The lowest BCUT2D eigenvalue weighted by molar-refractivity contribution is -0.383. The number of rotatable bonds is 2. The first-order chi connectivity index (χ1) is 9.99. The number of hydrogen-bond donors (Lipinski definition) is 2. The summed E-state index contributed by atoms with van der Waals surface area (Å²) in [5.41, 5.74) is -0.156. The normalized spacial score (nSPS) is 22.0. The molecule has 2 aromatic rings. The van der Waals surface area contributed by atoms with Crippen LogP contribution in [-0.2, 0) is 0 Å². The Labute approximate surface area is 118 Å². The largest absolute Gasteiger partial charge is 0.389 e. The van der Waals surface area contributed by atoms with Crippen molar-refractivity contribution in [2.45, 2.75) is 12.2 Å². The van der Waals surface area contributed by atoms with E-state index in [2.05, 4.69) is 4.98 Å². The second kappa shape index (κ2) is 4.90. The van der Waals surface area contributed by atoms with E-state index < -0.39 is 22.9 Å². The van der Waals surface area contributed by atoms with Crippen molar-refractivity contribution >= 4 is 22.3 Å². The summed E-state index contributed by atoms with van der Waals surface area (Å²) in [5.74, 6) is -0.797. The Morgan fingerprint density at radius 3 is 2.67 bits per heavy atom. The van der Waals surface area contributed by atoms with Crippen LogP contribution in [0, 0.1) is 15.9 Å². The van der Waals surface area contributed by atoms with E-state index in [1.807, 2.05) is 0 Å². The van der Waals surface area contributed by atoms with E-state index in [1.54, 1.807) is 0 Å². The summed E-state index contributed by atoms with van der Waals surface area (Å²) >= 11 is 0. The molecule has 8 heteroatoms. The number of pyridine rings is 1. The lowest BCUT2D eigenvalue weighted by atomic mass is 10.1. The van der Waals surface area contributed by atoms with Crippen molar-refractivity contribution in [1.82, 2.24) is 4.98 Å². The minimum Gasteiger partial charge on any atom is -0.389 e. The second-order valence-electron chi connectivity index (χ2n) is 4.92. The summed E-state index contributed by atoms with van der Waals surface area (Å²) in [7, 11) is 0. The molecule has 3 rings (SSSR count). The van der Waals surface area contributed by atoms with Gasteiger partial charge in [-0.2, -0.15) is 0 Å². The van der Waals surface area contributed by atoms with E-state index in [9.17, 15) is 24.7 Å². The van der Waals surface area contributed by atoms with Crippen molar-refractivity contribution in [2.75, 3.05) is 18.0 Å². The summed E-state index contributed by atoms with van der Waals surface area (Å²) in [4.78, 5) is 15.8. The predicted octanol–water partition coefficient (Wildman–Crippen LogP) is 0.824. The highest BCUT2D eigenvalue weighted by Gasteiger charge is 2.33.